The van der Waals surface area contributed by atoms with Crippen LogP contribution in [-0.2, 0) is 14.3 Å². The van der Waals surface area contributed by atoms with Crippen molar-refractivity contribution in [3.8, 4) is 0 Å². The van der Waals surface area contributed by atoms with Crippen LogP contribution in [-0.4, -0.2) is 30.3 Å². The van der Waals surface area contributed by atoms with Gasteiger partial charge in [0.1, 0.15) is 0 Å². The van der Waals surface area contributed by atoms with E-state index in [0.29, 0.717) is 5.56 Å². The standard InChI is InChI=1S/C23H24N2O5/c26-20(25-22(28)17-11-5-2-6-12-17)15-30-23(29)18-13-7-8-14-19(18)24-21(27)16-9-3-1-4-10-16/h1,3-4,7-10,13-14,17H,2,5-6,11-12,15H2,(H,24,27)(H,25,26,28). The molecule has 0 unspecified atom stereocenters. The van der Waals surface area contributed by atoms with Crippen molar-refractivity contribution >= 4 is 29.4 Å². The fourth-order valence-corrected chi connectivity index (χ4v) is 3.40. The van der Waals surface area contributed by atoms with Crippen LogP contribution in [0.2, 0.25) is 0 Å². The number of amides is 3. The van der Waals surface area contributed by atoms with Gasteiger partial charge < -0.3 is 10.1 Å². The maximum Gasteiger partial charge on any atom is 0.340 e. The van der Waals surface area contributed by atoms with Crippen molar-refractivity contribution in [2.45, 2.75) is 32.1 Å². The van der Waals surface area contributed by atoms with Gasteiger partial charge in [0.2, 0.25) is 5.91 Å². The number of rotatable bonds is 6. The van der Waals surface area contributed by atoms with E-state index in [1.807, 2.05) is 0 Å². The number of esters is 1. The fourth-order valence-electron chi connectivity index (χ4n) is 3.40. The minimum absolute atomic E-state index is 0.119. The molecule has 1 fully saturated rings. The lowest BCUT2D eigenvalue weighted by Crippen LogP contribution is -2.38. The van der Waals surface area contributed by atoms with Gasteiger partial charge in [0, 0.05) is 11.5 Å². The van der Waals surface area contributed by atoms with Crippen LogP contribution in [0, 0.1) is 5.92 Å². The van der Waals surface area contributed by atoms with Gasteiger partial charge in [-0.3, -0.25) is 19.7 Å². The number of imide groups is 1. The van der Waals surface area contributed by atoms with E-state index in [2.05, 4.69) is 10.6 Å². The molecule has 7 nitrogen and oxygen atoms in total. The summed E-state index contributed by atoms with van der Waals surface area (Å²) in [6.07, 6.45) is 4.61. The molecular weight excluding hydrogens is 384 g/mol. The first-order valence-electron chi connectivity index (χ1n) is 10.0. The summed E-state index contributed by atoms with van der Waals surface area (Å²) in [5.74, 6) is -2.27. The molecule has 0 spiro atoms. The molecule has 3 amide bonds. The zero-order chi connectivity index (χ0) is 21.3. The normalized spacial score (nSPS) is 13.9. The molecule has 7 heteroatoms. The predicted octanol–water partition coefficient (Wildman–Crippen LogP) is 3.32. The quantitative estimate of drug-likeness (QED) is 0.714. The van der Waals surface area contributed by atoms with E-state index < -0.39 is 18.5 Å². The van der Waals surface area contributed by atoms with E-state index in [9.17, 15) is 19.2 Å². The molecule has 0 atom stereocenters. The van der Waals surface area contributed by atoms with Crippen molar-refractivity contribution in [2.75, 3.05) is 11.9 Å². The van der Waals surface area contributed by atoms with Crippen molar-refractivity contribution in [3.63, 3.8) is 0 Å². The Hall–Kier alpha value is -3.48. The molecule has 2 aromatic rings. The van der Waals surface area contributed by atoms with E-state index in [0.717, 1.165) is 32.1 Å². The minimum atomic E-state index is -0.765. The predicted molar refractivity (Wildman–Crippen MR) is 111 cm³/mol. The first-order valence-corrected chi connectivity index (χ1v) is 10.0. The van der Waals surface area contributed by atoms with Crippen LogP contribution in [0.3, 0.4) is 0 Å². The largest absolute Gasteiger partial charge is 0.452 e. The number of carbonyl (C=O) groups is 4. The Morgan fingerprint density at radius 1 is 0.867 bits per heavy atom. The number of carbonyl (C=O) groups excluding carboxylic acids is 4. The molecule has 30 heavy (non-hydrogen) atoms. The van der Waals surface area contributed by atoms with Crippen LogP contribution < -0.4 is 10.6 Å². The van der Waals surface area contributed by atoms with E-state index in [-0.39, 0.29) is 29.0 Å². The first-order chi connectivity index (χ1) is 14.5. The highest BCUT2D eigenvalue weighted by molar-refractivity contribution is 6.08. The highest BCUT2D eigenvalue weighted by atomic mass is 16.5. The van der Waals surface area contributed by atoms with Crippen LogP contribution >= 0.6 is 0 Å². The Morgan fingerprint density at radius 3 is 2.27 bits per heavy atom. The van der Waals surface area contributed by atoms with Crippen molar-refractivity contribution < 1.29 is 23.9 Å². The Bertz CT molecular complexity index is 920. The van der Waals surface area contributed by atoms with E-state index in [4.69, 9.17) is 4.74 Å². The van der Waals surface area contributed by atoms with Crippen molar-refractivity contribution in [1.29, 1.82) is 0 Å². The third-order valence-corrected chi connectivity index (χ3v) is 5.00. The van der Waals surface area contributed by atoms with Gasteiger partial charge in [0.25, 0.3) is 11.8 Å². The minimum Gasteiger partial charge on any atom is -0.452 e. The molecule has 0 aliphatic heterocycles. The van der Waals surface area contributed by atoms with E-state index >= 15 is 0 Å². The van der Waals surface area contributed by atoms with Gasteiger partial charge in [-0.15, -0.1) is 0 Å². The number of nitrogens with one attached hydrogen (secondary N) is 2. The van der Waals surface area contributed by atoms with Gasteiger partial charge in [-0.2, -0.15) is 0 Å². The molecule has 0 heterocycles. The van der Waals surface area contributed by atoms with Crippen LogP contribution in [0.15, 0.2) is 54.6 Å². The summed E-state index contributed by atoms with van der Waals surface area (Å²) >= 11 is 0. The molecule has 156 valence electrons. The Balaban J connectivity index is 1.56. The van der Waals surface area contributed by atoms with Crippen LogP contribution in [0.4, 0.5) is 5.69 Å². The van der Waals surface area contributed by atoms with Gasteiger partial charge in [-0.05, 0) is 37.1 Å². The highest BCUT2D eigenvalue weighted by Crippen LogP contribution is 2.23. The van der Waals surface area contributed by atoms with E-state index in [1.165, 1.54) is 6.07 Å². The molecule has 2 aromatic carbocycles. The number of ether oxygens (including phenoxy) is 1. The second-order valence-corrected chi connectivity index (χ2v) is 7.19. The molecule has 1 saturated carbocycles. The Kier molecular flexibility index (Phi) is 7.32. The third kappa shape index (κ3) is 5.76. The number of para-hydroxylation sites is 1. The number of hydrogen-bond donors (Lipinski definition) is 2. The molecular formula is C23H24N2O5. The Labute approximate surface area is 174 Å². The molecule has 0 radical (unpaired) electrons. The van der Waals surface area contributed by atoms with Gasteiger partial charge in [-0.1, -0.05) is 49.6 Å². The topological polar surface area (TPSA) is 102 Å². The Morgan fingerprint density at radius 2 is 1.53 bits per heavy atom. The SMILES string of the molecule is O=C(COC(=O)c1ccccc1NC(=O)c1ccccc1)NC(=O)C1CCCCC1. The van der Waals surface area contributed by atoms with Crippen molar-refractivity contribution in [1.82, 2.24) is 5.32 Å². The lowest BCUT2D eigenvalue weighted by atomic mass is 9.89. The summed E-state index contributed by atoms with van der Waals surface area (Å²) in [7, 11) is 0. The zero-order valence-corrected chi connectivity index (χ0v) is 16.6. The smallest absolute Gasteiger partial charge is 0.340 e. The molecule has 2 N–H and O–H groups in total. The van der Waals surface area contributed by atoms with Crippen LogP contribution in [0.1, 0.15) is 52.8 Å². The molecule has 0 aromatic heterocycles. The zero-order valence-electron chi connectivity index (χ0n) is 16.6. The van der Waals surface area contributed by atoms with E-state index in [1.54, 1.807) is 48.5 Å². The lowest BCUT2D eigenvalue weighted by molar-refractivity contribution is -0.135. The average Bonchev–Trinajstić information content (AvgIpc) is 2.79. The van der Waals surface area contributed by atoms with Crippen molar-refractivity contribution in [2.24, 2.45) is 5.92 Å². The maximum absolute atomic E-state index is 12.4. The van der Waals surface area contributed by atoms with Gasteiger partial charge >= 0.3 is 5.97 Å². The molecule has 0 bridgehead atoms. The van der Waals surface area contributed by atoms with Crippen LogP contribution in [0.25, 0.3) is 0 Å². The average molecular weight is 408 g/mol. The summed E-state index contributed by atoms with van der Waals surface area (Å²) in [5.41, 5.74) is 0.838. The lowest BCUT2D eigenvalue weighted by Gasteiger charge is -2.20. The molecule has 1 aliphatic carbocycles. The van der Waals surface area contributed by atoms with Crippen molar-refractivity contribution in [3.05, 3.63) is 65.7 Å². The summed E-state index contributed by atoms with van der Waals surface area (Å²) in [5, 5.41) is 4.98. The molecule has 1 aliphatic rings. The maximum atomic E-state index is 12.4. The third-order valence-electron chi connectivity index (χ3n) is 5.00. The van der Waals surface area contributed by atoms with Gasteiger partial charge in [0.05, 0.1) is 11.3 Å². The summed E-state index contributed by atoms with van der Waals surface area (Å²) < 4.78 is 5.05. The number of anilines is 1. The molecule has 3 rings (SSSR count). The summed E-state index contributed by atoms with van der Waals surface area (Å²) in [6.45, 7) is -0.571. The van der Waals surface area contributed by atoms with Gasteiger partial charge in [-0.25, -0.2) is 4.79 Å². The summed E-state index contributed by atoms with van der Waals surface area (Å²) in [6, 6.07) is 15.0. The first kappa shape index (κ1) is 21.2. The second-order valence-electron chi connectivity index (χ2n) is 7.19. The monoisotopic (exact) mass is 408 g/mol. The second kappa shape index (κ2) is 10.3. The number of hydrogen-bond acceptors (Lipinski definition) is 5. The number of benzene rings is 2. The highest BCUT2D eigenvalue weighted by Gasteiger charge is 2.23. The van der Waals surface area contributed by atoms with Crippen LogP contribution in [0.5, 0.6) is 0 Å². The summed E-state index contributed by atoms with van der Waals surface area (Å²) in [4.78, 5) is 48.9. The molecule has 0 saturated heterocycles. The fraction of sp³-hybridized carbons (Fsp3) is 0.304. The van der Waals surface area contributed by atoms with Gasteiger partial charge in [0.15, 0.2) is 6.61 Å².